The lowest BCUT2D eigenvalue weighted by Crippen LogP contribution is -2.33. The second kappa shape index (κ2) is 11.2. The van der Waals surface area contributed by atoms with Gasteiger partial charge in [0.2, 0.25) is 5.88 Å². The van der Waals surface area contributed by atoms with E-state index in [9.17, 15) is 13.6 Å². The molecule has 0 amide bonds. The highest BCUT2D eigenvalue weighted by Gasteiger charge is 2.30. The lowest BCUT2D eigenvalue weighted by Gasteiger charge is -2.38. The molecule has 0 saturated heterocycles. The molecule has 1 aliphatic rings. The van der Waals surface area contributed by atoms with E-state index in [4.69, 9.17) is 14.6 Å². The number of hydrogen-bond acceptors (Lipinski definition) is 6. The van der Waals surface area contributed by atoms with Crippen LogP contribution in [0.3, 0.4) is 0 Å². The molecule has 1 aromatic heterocycles. The third kappa shape index (κ3) is 5.83. The standard InChI is InChI=1S/C25H25BrN2O6S/c1-2-16-9-11-18(12-10-16)34-25-21(26)13-17(14-27-25)28(35(31)32)22-7-3-6-20-19(22)5-4-8-23(20)33-15-24(29)30/h4-5,8-14,22H,2-3,6-7,15H2,1H3,(H,29,30)(H,31,32)/p-1. The Labute approximate surface area is 214 Å². The summed E-state index contributed by atoms with van der Waals surface area (Å²) in [6.07, 6.45) is 4.39. The molecule has 0 fully saturated rings. The SMILES string of the molecule is CCc1ccc(Oc2ncc(N(C3CCCc4c(OCC(=O)O)cccc43)S(=O)[O-])cc2Br)cc1. The van der Waals surface area contributed by atoms with Crippen LogP contribution in [0, 0.1) is 0 Å². The Bertz CT molecular complexity index is 1240. The predicted molar refractivity (Wildman–Crippen MR) is 134 cm³/mol. The van der Waals surface area contributed by atoms with Gasteiger partial charge in [-0.3, -0.25) is 8.51 Å². The van der Waals surface area contributed by atoms with Gasteiger partial charge in [-0.25, -0.2) is 9.78 Å². The highest BCUT2D eigenvalue weighted by atomic mass is 79.9. The van der Waals surface area contributed by atoms with Gasteiger partial charge < -0.3 is 19.1 Å². The Balaban J connectivity index is 1.62. The molecular formula is C25H24BrN2O6S-. The number of hydrogen-bond donors (Lipinski definition) is 1. The number of nitrogens with zero attached hydrogens (tertiary/aromatic N) is 2. The van der Waals surface area contributed by atoms with Crippen LogP contribution in [0.1, 0.15) is 42.5 Å². The van der Waals surface area contributed by atoms with Crippen molar-refractivity contribution in [1.29, 1.82) is 0 Å². The Kier molecular flexibility index (Phi) is 8.04. The van der Waals surface area contributed by atoms with Gasteiger partial charge in [0.15, 0.2) is 6.61 Å². The minimum absolute atomic E-state index is 0.322. The fourth-order valence-electron chi connectivity index (χ4n) is 4.19. The average molecular weight is 560 g/mol. The number of rotatable bonds is 9. The first-order chi connectivity index (χ1) is 16.9. The van der Waals surface area contributed by atoms with Crippen molar-refractivity contribution < 1.29 is 28.1 Å². The molecule has 35 heavy (non-hydrogen) atoms. The number of aryl methyl sites for hydroxylation is 1. The zero-order valence-electron chi connectivity index (χ0n) is 19.0. The summed E-state index contributed by atoms with van der Waals surface area (Å²) in [5.74, 6) is 0.339. The second-order valence-electron chi connectivity index (χ2n) is 8.04. The molecule has 0 bridgehead atoms. The smallest absolute Gasteiger partial charge is 0.341 e. The maximum atomic E-state index is 12.4. The van der Waals surface area contributed by atoms with Crippen molar-refractivity contribution >= 4 is 38.9 Å². The molecule has 0 saturated carbocycles. The Hall–Kier alpha value is -2.95. The summed E-state index contributed by atoms with van der Waals surface area (Å²) in [6, 6.07) is 14.2. The van der Waals surface area contributed by atoms with Gasteiger partial charge in [-0.05, 0) is 82.6 Å². The van der Waals surface area contributed by atoms with Gasteiger partial charge in [-0.2, -0.15) is 0 Å². The van der Waals surface area contributed by atoms with E-state index in [2.05, 4.69) is 27.8 Å². The van der Waals surface area contributed by atoms with Crippen molar-refractivity contribution in [2.45, 2.75) is 38.6 Å². The van der Waals surface area contributed by atoms with Crippen LogP contribution < -0.4 is 13.8 Å². The first kappa shape index (κ1) is 25.2. The molecule has 2 unspecified atom stereocenters. The van der Waals surface area contributed by atoms with E-state index < -0.39 is 29.9 Å². The molecule has 1 aliphatic carbocycles. The summed E-state index contributed by atoms with van der Waals surface area (Å²) in [5, 5.41) is 8.97. The van der Waals surface area contributed by atoms with Gasteiger partial charge in [0.25, 0.3) is 0 Å². The van der Waals surface area contributed by atoms with E-state index >= 15 is 0 Å². The van der Waals surface area contributed by atoms with E-state index in [1.807, 2.05) is 30.3 Å². The van der Waals surface area contributed by atoms with Crippen molar-refractivity contribution in [3.63, 3.8) is 0 Å². The lowest BCUT2D eigenvalue weighted by molar-refractivity contribution is -0.139. The van der Waals surface area contributed by atoms with Gasteiger partial charge >= 0.3 is 5.97 Å². The maximum absolute atomic E-state index is 12.4. The van der Waals surface area contributed by atoms with Crippen molar-refractivity contribution in [1.82, 2.24) is 4.98 Å². The Morgan fingerprint density at radius 2 is 2.06 bits per heavy atom. The summed E-state index contributed by atoms with van der Waals surface area (Å²) >= 11 is 0.874. The molecule has 1 N–H and O–H groups in total. The lowest BCUT2D eigenvalue weighted by atomic mass is 9.87. The van der Waals surface area contributed by atoms with Crippen LogP contribution in [0.2, 0.25) is 0 Å². The van der Waals surface area contributed by atoms with Crippen molar-refractivity contribution in [2.75, 3.05) is 10.9 Å². The van der Waals surface area contributed by atoms with Crippen LogP contribution in [-0.2, 0) is 28.9 Å². The van der Waals surface area contributed by atoms with Crippen LogP contribution in [0.4, 0.5) is 5.69 Å². The molecule has 8 nitrogen and oxygen atoms in total. The third-order valence-electron chi connectivity index (χ3n) is 5.82. The molecule has 4 rings (SSSR count). The van der Waals surface area contributed by atoms with E-state index in [-0.39, 0.29) is 0 Å². The molecule has 0 radical (unpaired) electrons. The normalized spacial score (nSPS) is 15.7. The van der Waals surface area contributed by atoms with Crippen LogP contribution in [-0.4, -0.2) is 31.4 Å². The number of ether oxygens (including phenoxy) is 2. The largest absolute Gasteiger partial charge is 0.755 e. The highest BCUT2D eigenvalue weighted by Crippen LogP contribution is 2.42. The zero-order chi connectivity index (χ0) is 24.9. The molecule has 3 aromatic rings. The molecular weight excluding hydrogens is 536 g/mol. The molecule has 184 valence electrons. The second-order valence-corrected chi connectivity index (χ2v) is 9.72. The van der Waals surface area contributed by atoms with E-state index in [1.165, 1.54) is 16.1 Å². The number of aromatic nitrogens is 1. The monoisotopic (exact) mass is 559 g/mol. The summed E-state index contributed by atoms with van der Waals surface area (Å²) in [4.78, 5) is 15.3. The fourth-order valence-corrected chi connectivity index (χ4v) is 5.31. The molecule has 0 spiro atoms. The number of carboxylic acids is 1. The molecule has 1 heterocycles. The van der Waals surface area contributed by atoms with Gasteiger partial charge in [0.05, 0.1) is 22.4 Å². The quantitative estimate of drug-likeness (QED) is 0.352. The first-order valence-electron chi connectivity index (χ1n) is 11.1. The third-order valence-corrected chi connectivity index (χ3v) is 7.18. The van der Waals surface area contributed by atoms with Crippen molar-refractivity contribution in [3.05, 3.63) is 75.9 Å². The topological polar surface area (TPSA) is 112 Å². The minimum atomic E-state index is -2.59. The number of pyridine rings is 1. The number of carboxylic acid groups (broad SMARTS) is 1. The summed E-state index contributed by atoms with van der Waals surface area (Å²) in [6.45, 7) is 1.62. The zero-order valence-corrected chi connectivity index (χ0v) is 21.4. The van der Waals surface area contributed by atoms with Crippen LogP contribution >= 0.6 is 15.9 Å². The average Bonchev–Trinajstić information content (AvgIpc) is 2.85. The van der Waals surface area contributed by atoms with Gasteiger partial charge in [0.1, 0.15) is 11.5 Å². The Morgan fingerprint density at radius 3 is 2.71 bits per heavy atom. The molecule has 0 aliphatic heterocycles. The van der Waals surface area contributed by atoms with Gasteiger partial charge in [-0.15, -0.1) is 0 Å². The first-order valence-corrected chi connectivity index (χ1v) is 13.0. The predicted octanol–water partition coefficient (Wildman–Crippen LogP) is 5.34. The highest BCUT2D eigenvalue weighted by molar-refractivity contribution is 9.10. The molecule has 2 atom stereocenters. The minimum Gasteiger partial charge on any atom is -0.755 e. The van der Waals surface area contributed by atoms with E-state index in [1.54, 1.807) is 18.2 Å². The number of carbonyl (C=O) groups is 1. The van der Waals surface area contributed by atoms with Crippen LogP contribution in [0.25, 0.3) is 0 Å². The summed E-state index contributed by atoms with van der Waals surface area (Å²) < 4.78 is 37.9. The van der Waals surface area contributed by atoms with E-state index in [0.29, 0.717) is 40.4 Å². The number of halogens is 1. The van der Waals surface area contributed by atoms with Crippen molar-refractivity contribution in [3.8, 4) is 17.4 Å². The van der Waals surface area contributed by atoms with E-state index in [0.717, 1.165) is 24.0 Å². The van der Waals surface area contributed by atoms with Crippen LogP contribution in [0.15, 0.2) is 59.2 Å². The fraction of sp³-hybridized carbons (Fsp3) is 0.280. The van der Waals surface area contributed by atoms with Gasteiger partial charge in [-0.1, -0.05) is 31.2 Å². The molecule has 2 aromatic carbocycles. The summed E-state index contributed by atoms with van der Waals surface area (Å²) in [5.41, 5.74) is 3.19. The maximum Gasteiger partial charge on any atom is 0.341 e. The number of fused-ring (bicyclic) bond motifs is 1. The number of anilines is 1. The molecule has 10 heteroatoms. The number of aliphatic carboxylic acids is 1. The van der Waals surface area contributed by atoms with Gasteiger partial charge in [0, 0.05) is 11.3 Å². The van der Waals surface area contributed by atoms with Crippen LogP contribution in [0.5, 0.6) is 17.4 Å². The number of benzene rings is 2. The van der Waals surface area contributed by atoms with Crippen molar-refractivity contribution in [2.24, 2.45) is 0 Å². The summed E-state index contributed by atoms with van der Waals surface area (Å²) in [7, 11) is 0. The Morgan fingerprint density at radius 1 is 1.29 bits per heavy atom.